The molecule has 1 rings (SSSR count). The van der Waals surface area contributed by atoms with Crippen molar-refractivity contribution < 1.29 is 33.0 Å². The van der Waals surface area contributed by atoms with Gasteiger partial charge in [-0.1, -0.05) is 4.89 Å². The zero-order valence-electron chi connectivity index (χ0n) is 10.9. The first-order valence-corrected chi connectivity index (χ1v) is 6.97. The number of carbonyl (C=O) groups is 1. The van der Waals surface area contributed by atoms with Gasteiger partial charge in [0.1, 0.15) is 11.3 Å². The lowest BCUT2D eigenvalue weighted by atomic mass is 10.1. The normalized spacial score (nSPS) is 11.5. The van der Waals surface area contributed by atoms with Crippen molar-refractivity contribution in [3.8, 4) is 5.75 Å². The summed E-state index contributed by atoms with van der Waals surface area (Å²) in [7, 11) is -2.61. The van der Waals surface area contributed by atoms with Gasteiger partial charge in [0.05, 0.1) is 18.1 Å². The van der Waals surface area contributed by atoms with Crippen LogP contribution in [0.25, 0.3) is 0 Å². The summed E-state index contributed by atoms with van der Waals surface area (Å²) in [6.07, 6.45) is 0. The van der Waals surface area contributed by atoms with Crippen LogP contribution in [-0.4, -0.2) is 44.9 Å². The average molecular weight is 305 g/mol. The number of hydrogen-bond acceptors (Lipinski definition) is 6. The molecule has 0 saturated heterocycles. The third kappa shape index (κ3) is 3.90. The minimum absolute atomic E-state index is 0.00134. The van der Waals surface area contributed by atoms with Crippen LogP contribution in [0.5, 0.6) is 5.75 Å². The number of aromatic hydroxyl groups is 1. The van der Waals surface area contributed by atoms with E-state index in [0.29, 0.717) is 0 Å². The topological polar surface area (TPSA) is 122 Å². The van der Waals surface area contributed by atoms with E-state index in [-0.39, 0.29) is 23.7 Å². The number of aromatic carboxylic acids is 1. The summed E-state index contributed by atoms with van der Waals surface area (Å²) in [5.74, 6) is -1.94. The first kappa shape index (κ1) is 16.4. The van der Waals surface area contributed by atoms with Crippen LogP contribution in [0.3, 0.4) is 0 Å². The van der Waals surface area contributed by atoms with Gasteiger partial charge >= 0.3 is 5.97 Å². The number of benzene rings is 1. The van der Waals surface area contributed by atoms with Crippen LogP contribution in [0.2, 0.25) is 0 Å². The number of hydrogen-bond donors (Lipinski definition) is 3. The Labute approximate surface area is 115 Å². The number of carboxylic acid groups (broad SMARTS) is 1. The molecule has 0 radical (unpaired) electrons. The maximum absolute atomic E-state index is 12.0. The second-order valence-electron chi connectivity index (χ2n) is 3.87. The van der Waals surface area contributed by atoms with Gasteiger partial charge in [-0.15, -0.1) is 0 Å². The Balaban J connectivity index is 3.05. The Bertz CT molecular complexity index is 597. The van der Waals surface area contributed by atoms with E-state index < -0.39 is 27.3 Å². The van der Waals surface area contributed by atoms with E-state index in [2.05, 4.69) is 4.74 Å². The molecule has 0 saturated carbocycles. The molecule has 0 aliphatic rings. The number of aryl methyl sites for hydroxylation is 1. The van der Waals surface area contributed by atoms with Crippen molar-refractivity contribution in [2.24, 2.45) is 0 Å². The van der Waals surface area contributed by atoms with Crippen LogP contribution in [-0.2, 0) is 19.6 Å². The maximum Gasteiger partial charge on any atom is 0.339 e. The van der Waals surface area contributed by atoms with Gasteiger partial charge in [0, 0.05) is 7.11 Å². The largest absolute Gasteiger partial charge is 0.507 e. The lowest BCUT2D eigenvalue weighted by Crippen LogP contribution is -2.26. The van der Waals surface area contributed by atoms with Crippen molar-refractivity contribution in [1.29, 1.82) is 0 Å². The first-order valence-electron chi connectivity index (χ1n) is 5.49. The standard InChI is InChI=1S/C11H15NO7S/c1-7-5-9(13)8(11(14)15)6-10(7)20(16,17)12-19-4-3-18-2/h5-6,12-13H,3-4H2,1-2H3,(H,14,15). The molecule has 0 unspecified atom stereocenters. The van der Waals surface area contributed by atoms with E-state index >= 15 is 0 Å². The number of methoxy groups -OCH3 is 1. The quantitative estimate of drug-likeness (QED) is 0.487. The van der Waals surface area contributed by atoms with Crippen molar-refractivity contribution in [2.45, 2.75) is 11.8 Å². The number of nitrogens with one attached hydrogen (secondary N) is 1. The van der Waals surface area contributed by atoms with E-state index in [4.69, 9.17) is 9.94 Å². The van der Waals surface area contributed by atoms with Gasteiger partial charge in [0.25, 0.3) is 10.0 Å². The highest BCUT2D eigenvalue weighted by molar-refractivity contribution is 7.89. The summed E-state index contributed by atoms with van der Waals surface area (Å²) in [6, 6.07) is 1.93. The van der Waals surface area contributed by atoms with Gasteiger partial charge in [-0.3, -0.25) is 4.84 Å². The molecule has 0 aromatic heterocycles. The predicted octanol–water partition coefficient (Wildman–Crippen LogP) is 0.255. The summed E-state index contributed by atoms with van der Waals surface area (Å²) < 4.78 is 28.6. The number of carboxylic acids is 1. The molecule has 0 aliphatic carbocycles. The fourth-order valence-electron chi connectivity index (χ4n) is 1.42. The highest BCUT2D eigenvalue weighted by Gasteiger charge is 2.21. The molecule has 0 atom stereocenters. The Kier molecular flexibility index (Phi) is 5.45. The van der Waals surface area contributed by atoms with Crippen LogP contribution < -0.4 is 4.89 Å². The number of phenols is 1. The van der Waals surface area contributed by atoms with E-state index in [1.165, 1.54) is 14.0 Å². The fraction of sp³-hybridized carbons (Fsp3) is 0.364. The summed E-state index contributed by atoms with van der Waals surface area (Å²) in [5, 5.41) is 18.3. The monoisotopic (exact) mass is 305 g/mol. The van der Waals surface area contributed by atoms with Gasteiger partial charge < -0.3 is 14.9 Å². The molecule has 0 heterocycles. The number of ether oxygens (including phenoxy) is 1. The summed E-state index contributed by atoms with van der Waals surface area (Å²) in [4.78, 5) is 17.2. The predicted molar refractivity (Wildman–Crippen MR) is 68.0 cm³/mol. The fourth-order valence-corrected chi connectivity index (χ4v) is 2.51. The minimum Gasteiger partial charge on any atom is -0.507 e. The van der Waals surface area contributed by atoms with E-state index in [9.17, 15) is 18.3 Å². The molecule has 1 aromatic carbocycles. The highest BCUT2D eigenvalue weighted by Crippen LogP contribution is 2.25. The summed E-state index contributed by atoms with van der Waals surface area (Å²) >= 11 is 0. The molecule has 0 bridgehead atoms. The molecule has 3 N–H and O–H groups in total. The van der Waals surface area contributed by atoms with Gasteiger partial charge in [-0.2, -0.15) is 0 Å². The Morgan fingerprint density at radius 2 is 2.00 bits per heavy atom. The van der Waals surface area contributed by atoms with Crippen LogP contribution in [0.4, 0.5) is 0 Å². The van der Waals surface area contributed by atoms with Crippen molar-refractivity contribution in [2.75, 3.05) is 20.3 Å². The Morgan fingerprint density at radius 3 is 2.55 bits per heavy atom. The smallest absolute Gasteiger partial charge is 0.339 e. The van der Waals surface area contributed by atoms with Gasteiger partial charge in [-0.25, -0.2) is 13.2 Å². The van der Waals surface area contributed by atoms with Crippen LogP contribution in [0.1, 0.15) is 15.9 Å². The highest BCUT2D eigenvalue weighted by atomic mass is 32.2. The van der Waals surface area contributed by atoms with Crippen LogP contribution in [0, 0.1) is 6.92 Å². The Morgan fingerprint density at radius 1 is 1.35 bits per heavy atom. The van der Waals surface area contributed by atoms with Crippen LogP contribution >= 0.6 is 0 Å². The van der Waals surface area contributed by atoms with E-state index in [1.807, 2.05) is 4.89 Å². The lowest BCUT2D eigenvalue weighted by molar-refractivity contribution is 0.0438. The lowest BCUT2D eigenvalue weighted by Gasteiger charge is -2.11. The summed E-state index contributed by atoms with van der Waals surface area (Å²) in [5.41, 5.74) is -0.316. The molecule has 0 aliphatic heterocycles. The van der Waals surface area contributed by atoms with Gasteiger partial charge in [0.2, 0.25) is 0 Å². The molecular formula is C11H15NO7S. The number of sulfonamides is 1. The van der Waals surface area contributed by atoms with Gasteiger partial charge in [-0.05, 0) is 24.6 Å². The maximum atomic E-state index is 12.0. The second kappa shape index (κ2) is 6.66. The third-order valence-corrected chi connectivity index (χ3v) is 3.73. The van der Waals surface area contributed by atoms with Gasteiger partial charge in [0.15, 0.2) is 0 Å². The number of rotatable bonds is 7. The first-order chi connectivity index (χ1) is 9.29. The zero-order valence-corrected chi connectivity index (χ0v) is 11.7. The molecule has 9 heteroatoms. The van der Waals surface area contributed by atoms with E-state index in [1.54, 1.807) is 0 Å². The molecule has 20 heavy (non-hydrogen) atoms. The second-order valence-corrected chi connectivity index (χ2v) is 5.48. The molecule has 8 nitrogen and oxygen atoms in total. The van der Waals surface area contributed by atoms with Crippen molar-refractivity contribution in [3.05, 3.63) is 23.3 Å². The minimum atomic E-state index is -4.05. The molecule has 0 fully saturated rings. The molecular weight excluding hydrogens is 290 g/mol. The molecule has 0 amide bonds. The van der Waals surface area contributed by atoms with Crippen molar-refractivity contribution in [3.63, 3.8) is 0 Å². The SMILES string of the molecule is COCCONS(=O)(=O)c1cc(C(=O)O)c(O)cc1C. The van der Waals surface area contributed by atoms with E-state index in [0.717, 1.165) is 12.1 Å². The average Bonchev–Trinajstić information content (AvgIpc) is 2.33. The molecule has 1 aromatic rings. The summed E-state index contributed by atoms with van der Waals surface area (Å²) in [6.45, 7) is 1.62. The Hall–Kier alpha value is -1.68. The third-order valence-electron chi connectivity index (χ3n) is 2.37. The zero-order chi connectivity index (χ0) is 15.3. The van der Waals surface area contributed by atoms with Crippen molar-refractivity contribution in [1.82, 2.24) is 4.89 Å². The van der Waals surface area contributed by atoms with Crippen LogP contribution in [0.15, 0.2) is 17.0 Å². The van der Waals surface area contributed by atoms with Crippen molar-refractivity contribution >= 4 is 16.0 Å². The molecule has 112 valence electrons. The molecule has 0 spiro atoms.